The van der Waals surface area contributed by atoms with Crippen molar-refractivity contribution in [2.45, 2.75) is 6.54 Å². The van der Waals surface area contributed by atoms with Crippen LogP contribution in [0, 0.1) is 0 Å². The van der Waals surface area contributed by atoms with Crippen LogP contribution in [0.4, 0.5) is 0 Å². The van der Waals surface area contributed by atoms with E-state index in [4.69, 9.17) is 0 Å². The van der Waals surface area contributed by atoms with Crippen molar-refractivity contribution in [3.63, 3.8) is 0 Å². The molecule has 0 unspecified atom stereocenters. The first-order valence-electron chi connectivity index (χ1n) is 5.03. The molecule has 1 amide bonds. The Labute approximate surface area is 102 Å². The molecule has 5 nitrogen and oxygen atoms in total. The topological polar surface area (TPSA) is 64.0 Å². The number of hydrogen-bond acceptors (Lipinski definition) is 4. The van der Waals surface area contributed by atoms with Gasteiger partial charge in [0.1, 0.15) is 12.2 Å². The smallest absolute Gasteiger partial charge is 0.267 e. The normalized spacial score (nSPS) is 10.2. The van der Waals surface area contributed by atoms with E-state index in [2.05, 4.69) is 10.4 Å². The maximum atomic E-state index is 11.5. The van der Waals surface area contributed by atoms with Gasteiger partial charge in [0.05, 0.1) is 4.88 Å². The summed E-state index contributed by atoms with van der Waals surface area (Å²) in [6.45, 7) is -0.0610. The molecule has 0 aliphatic carbocycles. The summed E-state index contributed by atoms with van der Waals surface area (Å²) in [4.78, 5) is 23.7. The second kappa shape index (κ2) is 4.92. The maximum absolute atomic E-state index is 11.5. The van der Waals surface area contributed by atoms with Crippen molar-refractivity contribution < 1.29 is 4.79 Å². The van der Waals surface area contributed by atoms with Crippen LogP contribution in [0.3, 0.4) is 0 Å². The molecule has 0 aromatic carbocycles. The Morgan fingerprint density at radius 1 is 1.47 bits per heavy atom. The number of nitrogens with one attached hydrogen (secondary N) is 1. The van der Waals surface area contributed by atoms with Gasteiger partial charge in [0.2, 0.25) is 5.91 Å². The Morgan fingerprint density at radius 3 is 2.94 bits per heavy atom. The highest BCUT2D eigenvalue weighted by Gasteiger charge is 2.06. The van der Waals surface area contributed by atoms with Gasteiger partial charge in [0.15, 0.2) is 0 Å². The van der Waals surface area contributed by atoms with Gasteiger partial charge < -0.3 is 5.32 Å². The molecule has 2 rings (SSSR count). The lowest BCUT2D eigenvalue weighted by Crippen LogP contribution is -2.31. The Hall–Kier alpha value is -1.95. The zero-order valence-electron chi connectivity index (χ0n) is 9.21. The van der Waals surface area contributed by atoms with Gasteiger partial charge >= 0.3 is 0 Å². The van der Waals surface area contributed by atoms with E-state index in [9.17, 15) is 9.59 Å². The largest absolute Gasteiger partial charge is 0.358 e. The second-order valence-electron chi connectivity index (χ2n) is 3.36. The number of carbonyl (C=O) groups is 1. The lowest BCUT2D eigenvalue weighted by atomic mass is 10.3. The van der Waals surface area contributed by atoms with E-state index < -0.39 is 0 Å². The predicted octanol–water partition coefficient (Wildman–Crippen LogP) is 0.718. The Bertz CT molecular complexity index is 575. The van der Waals surface area contributed by atoms with Gasteiger partial charge in [-0.25, -0.2) is 4.68 Å². The highest BCUT2D eigenvalue weighted by molar-refractivity contribution is 7.13. The quantitative estimate of drug-likeness (QED) is 0.871. The predicted molar refractivity (Wildman–Crippen MR) is 65.9 cm³/mol. The molecule has 0 spiro atoms. The van der Waals surface area contributed by atoms with E-state index in [0.717, 1.165) is 9.56 Å². The van der Waals surface area contributed by atoms with Crippen LogP contribution in [0.1, 0.15) is 0 Å². The third-order valence-electron chi connectivity index (χ3n) is 2.21. The molecule has 2 aromatic heterocycles. The molecule has 0 saturated carbocycles. The van der Waals surface area contributed by atoms with Crippen molar-refractivity contribution >= 4 is 17.2 Å². The molecule has 88 valence electrons. The molecule has 2 heterocycles. The molecule has 2 aromatic rings. The molecule has 0 aliphatic heterocycles. The molecular formula is C11H11N3O2S. The number of hydrogen-bond donors (Lipinski definition) is 1. The van der Waals surface area contributed by atoms with Crippen molar-refractivity contribution in [1.82, 2.24) is 15.1 Å². The van der Waals surface area contributed by atoms with Crippen LogP contribution in [0.25, 0.3) is 10.6 Å². The molecule has 0 saturated heterocycles. The monoisotopic (exact) mass is 249 g/mol. The molecule has 0 radical (unpaired) electrons. The van der Waals surface area contributed by atoms with E-state index in [1.165, 1.54) is 24.5 Å². The van der Waals surface area contributed by atoms with E-state index in [0.29, 0.717) is 5.69 Å². The Kier molecular flexibility index (Phi) is 3.34. The Balaban J connectivity index is 2.36. The van der Waals surface area contributed by atoms with Crippen molar-refractivity contribution in [2.24, 2.45) is 0 Å². The summed E-state index contributed by atoms with van der Waals surface area (Å²) in [7, 11) is 1.52. The van der Waals surface area contributed by atoms with Crippen LogP contribution in [0.5, 0.6) is 0 Å². The van der Waals surface area contributed by atoms with Gasteiger partial charge in [-0.3, -0.25) is 9.59 Å². The zero-order chi connectivity index (χ0) is 12.3. The summed E-state index contributed by atoms with van der Waals surface area (Å²) in [5, 5.41) is 8.55. The molecule has 0 atom stereocenters. The van der Waals surface area contributed by atoms with Crippen LogP contribution in [-0.2, 0) is 11.3 Å². The number of amides is 1. The van der Waals surface area contributed by atoms with E-state index >= 15 is 0 Å². The lowest BCUT2D eigenvalue weighted by Gasteiger charge is -2.04. The molecule has 0 aliphatic rings. The zero-order valence-corrected chi connectivity index (χ0v) is 10.0. The first kappa shape index (κ1) is 11.5. The standard InChI is InChI=1S/C11H11N3O2S/c1-12-10(15)7-14-11(16)5-4-8(13-14)9-3-2-6-17-9/h2-6H,7H2,1H3,(H,12,15). The van der Waals surface area contributed by atoms with Crippen molar-refractivity contribution in [3.8, 4) is 10.6 Å². The number of carbonyl (C=O) groups excluding carboxylic acids is 1. The van der Waals surface area contributed by atoms with Gasteiger partial charge in [-0.15, -0.1) is 11.3 Å². The average molecular weight is 249 g/mol. The van der Waals surface area contributed by atoms with E-state index in [1.54, 1.807) is 6.07 Å². The number of thiophene rings is 1. The molecule has 1 N–H and O–H groups in total. The van der Waals surface area contributed by atoms with Crippen LogP contribution >= 0.6 is 11.3 Å². The number of rotatable bonds is 3. The average Bonchev–Trinajstić information content (AvgIpc) is 2.85. The molecular weight excluding hydrogens is 238 g/mol. The fraction of sp³-hybridized carbons (Fsp3) is 0.182. The highest BCUT2D eigenvalue weighted by Crippen LogP contribution is 2.20. The molecule has 0 bridgehead atoms. The summed E-state index contributed by atoms with van der Waals surface area (Å²) in [6, 6.07) is 6.91. The van der Waals surface area contributed by atoms with Gasteiger partial charge in [0.25, 0.3) is 5.56 Å². The molecule has 0 fully saturated rings. The van der Waals surface area contributed by atoms with Crippen LogP contribution in [0.15, 0.2) is 34.4 Å². The minimum Gasteiger partial charge on any atom is -0.358 e. The fourth-order valence-corrected chi connectivity index (χ4v) is 2.02. The minimum absolute atomic E-state index is 0.0610. The van der Waals surface area contributed by atoms with Crippen LogP contribution in [0.2, 0.25) is 0 Å². The number of likely N-dealkylation sites (N-methyl/N-ethyl adjacent to an activating group) is 1. The third-order valence-corrected chi connectivity index (χ3v) is 3.10. The Morgan fingerprint density at radius 2 is 2.29 bits per heavy atom. The first-order chi connectivity index (χ1) is 8.20. The summed E-state index contributed by atoms with van der Waals surface area (Å²) in [6.07, 6.45) is 0. The first-order valence-corrected chi connectivity index (χ1v) is 5.91. The highest BCUT2D eigenvalue weighted by atomic mass is 32.1. The van der Waals surface area contributed by atoms with Crippen molar-refractivity contribution in [1.29, 1.82) is 0 Å². The van der Waals surface area contributed by atoms with Crippen LogP contribution in [-0.4, -0.2) is 22.7 Å². The van der Waals surface area contributed by atoms with E-state index in [-0.39, 0.29) is 18.0 Å². The van der Waals surface area contributed by atoms with Crippen molar-refractivity contribution in [2.75, 3.05) is 7.05 Å². The minimum atomic E-state index is -0.283. The molecule has 6 heteroatoms. The summed E-state index contributed by atoms with van der Waals surface area (Å²) < 4.78 is 1.16. The SMILES string of the molecule is CNC(=O)Cn1nc(-c2cccs2)ccc1=O. The summed E-state index contributed by atoms with van der Waals surface area (Å²) in [5.74, 6) is -0.247. The van der Waals surface area contributed by atoms with Gasteiger partial charge in [-0.05, 0) is 17.5 Å². The second-order valence-corrected chi connectivity index (χ2v) is 4.31. The summed E-state index contributed by atoms with van der Waals surface area (Å²) in [5.41, 5.74) is 0.414. The number of aromatic nitrogens is 2. The molecule has 17 heavy (non-hydrogen) atoms. The lowest BCUT2D eigenvalue weighted by molar-refractivity contribution is -0.121. The summed E-state index contributed by atoms with van der Waals surface area (Å²) >= 11 is 1.54. The number of nitrogens with zero attached hydrogens (tertiary/aromatic N) is 2. The third kappa shape index (κ3) is 2.59. The van der Waals surface area contributed by atoms with Crippen molar-refractivity contribution in [3.05, 3.63) is 40.0 Å². The maximum Gasteiger partial charge on any atom is 0.267 e. The van der Waals surface area contributed by atoms with Gasteiger partial charge in [0, 0.05) is 13.1 Å². The van der Waals surface area contributed by atoms with Crippen LogP contribution < -0.4 is 10.9 Å². The van der Waals surface area contributed by atoms with Gasteiger partial charge in [-0.2, -0.15) is 5.10 Å². The van der Waals surface area contributed by atoms with E-state index in [1.807, 2.05) is 17.5 Å². The fourth-order valence-electron chi connectivity index (χ4n) is 1.33. The van der Waals surface area contributed by atoms with Gasteiger partial charge in [-0.1, -0.05) is 6.07 Å².